The Bertz CT molecular complexity index is 1340. The smallest absolute Gasteiger partial charge is 0.270 e. The van der Waals surface area contributed by atoms with Gasteiger partial charge in [0.2, 0.25) is 11.8 Å². The Hall–Kier alpha value is -3.31. The molecule has 6 rings (SSSR count). The lowest BCUT2D eigenvalue weighted by Crippen LogP contribution is -2.54. The first-order valence-electron chi connectivity index (χ1n) is 16.3. The van der Waals surface area contributed by atoms with Crippen LogP contribution in [0, 0.1) is 22.7 Å². The predicted octanol–water partition coefficient (Wildman–Crippen LogP) is 3.45. The van der Waals surface area contributed by atoms with E-state index >= 15 is 0 Å². The Morgan fingerprint density at radius 2 is 1.77 bits per heavy atom. The molecule has 11 heteroatoms. The molecule has 4 aliphatic rings. The number of pyridine rings is 1. The fourth-order valence-electron chi connectivity index (χ4n) is 7.27. The summed E-state index contributed by atoms with van der Waals surface area (Å²) in [6, 6.07) is 4.12. The Morgan fingerprint density at radius 3 is 2.32 bits per heavy atom. The van der Waals surface area contributed by atoms with E-state index in [2.05, 4.69) is 44.8 Å². The van der Waals surface area contributed by atoms with Crippen LogP contribution in [0.2, 0.25) is 0 Å². The quantitative estimate of drug-likeness (QED) is 0.338. The number of hydrogen-bond acceptors (Lipinski definition) is 7. The Morgan fingerprint density at radius 1 is 1.02 bits per heavy atom. The number of rotatable bonds is 12. The average Bonchev–Trinajstić information content (AvgIpc) is 3.57. The molecule has 11 nitrogen and oxygen atoms in total. The summed E-state index contributed by atoms with van der Waals surface area (Å²) in [5.74, 6) is 0.238. The van der Waals surface area contributed by atoms with E-state index in [1.54, 1.807) is 31.6 Å². The van der Waals surface area contributed by atoms with Crippen molar-refractivity contribution in [2.45, 2.75) is 77.3 Å². The van der Waals surface area contributed by atoms with Gasteiger partial charge in [-0.25, -0.2) is 4.98 Å². The number of nitrogens with one attached hydrogen (secondary N) is 3. The zero-order valence-electron chi connectivity index (χ0n) is 26.3. The molecule has 2 unspecified atom stereocenters. The Balaban J connectivity index is 1.19. The summed E-state index contributed by atoms with van der Waals surface area (Å²) in [7, 11) is 1.72. The summed E-state index contributed by atoms with van der Waals surface area (Å²) in [5.41, 5.74) is 1.39. The maximum atomic E-state index is 14.0. The molecule has 0 aromatic carbocycles. The maximum absolute atomic E-state index is 14.0. The molecule has 3 saturated carbocycles. The van der Waals surface area contributed by atoms with Gasteiger partial charge in [-0.3, -0.25) is 24.0 Å². The highest BCUT2D eigenvalue weighted by atomic mass is 16.5. The fraction of sp³-hybridized carbons (Fsp3) is 0.667. The van der Waals surface area contributed by atoms with Gasteiger partial charge in [0, 0.05) is 39.1 Å². The zero-order chi connectivity index (χ0) is 30.9. The molecule has 2 aromatic heterocycles. The molecule has 3 N–H and O–H groups in total. The minimum atomic E-state index is -0.698. The molecular formula is C33H47N7O4. The standard InChI is InChI=1S/C33H47N7O4/c1-32(11-5-12-32)21-35-31(43)28(40-16-18-44-19-17-40)23-8-9-25(34-20-23)37-30(42)27(38-29(41)24-10-15-36-39(24)3)26(22-6-4-7-22)33(2)13-14-33/h8-10,15,20,22,26-28H,4-7,11-14,16-19,21H2,1-3H3,(H,35,43)(H,38,41)(H,34,37,42)/t26?,27-,28?/m0/s1. The van der Waals surface area contributed by atoms with Gasteiger partial charge in [0.15, 0.2) is 0 Å². The summed E-state index contributed by atoms with van der Waals surface area (Å²) in [6.45, 7) is 7.61. The second kappa shape index (κ2) is 12.6. The van der Waals surface area contributed by atoms with Crippen LogP contribution in [-0.2, 0) is 21.4 Å². The van der Waals surface area contributed by atoms with Gasteiger partial charge < -0.3 is 20.7 Å². The number of ether oxygens (including phenoxy) is 1. The molecule has 3 amide bonds. The lowest BCUT2D eigenvalue weighted by atomic mass is 9.66. The molecule has 1 saturated heterocycles. The number of hydrogen-bond donors (Lipinski definition) is 3. The normalized spacial score (nSPS) is 22.9. The number of carbonyl (C=O) groups excluding carboxylic acids is 3. The van der Waals surface area contributed by atoms with E-state index in [-0.39, 0.29) is 34.5 Å². The third kappa shape index (κ3) is 6.54. The second-order valence-corrected chi connectivity index (χ2v) is 14.1. The monoisotopic (exact) mass is 605 g/mol. The van der Waals surface area contributed by atoms with Crippen LogP contribution < -0.4 is 16.0 Å². The van der Waals surface area contributed by atoms with E-state index in [4.69, 9.17) is 4.74 Å². The molecule has 3 aliphatic carbocycles. The third-order valence-electron chi connectivity index (χ3n) is 10.7. The van der Waals surface area contributed by atoms with E-state index in [0.29, 0.717) is 50.3 Å². The van der Waals surface area contributed by atoms with Crippen LogP contribution in [0.15, 0.2) is 30.6 Å². The summed E-state index contributed by atoms with van der Waals surface area (Å²) in [4.78, 5) is 47.6. The van der Waals surface area contributed by atoms with Crippen molar-refractivity contribution in [1.29, 1.82) is 0 Å². The fourth-order valence-corrected chi connectivity index (χ4v) is 7.27. The molecule has 0 radical (unpaired) electrons. The highest BCUT2D eigenvalue weighted by molar-refractivity contribution is 6.00. The van der Waals surface area contributed by atoms with Crippen molar-refractivity contribution in [2.24, 2.45) is 29.7 Å². The molecule has 2 aromatic rings. The minimum Gasteiger partial charge on any atom is -0.379 e. The SMILES string of the molecule is Cn1nccc1C(=O)N[C@H](C(=O)Nc1ccc(C(C(=O)NCC2(C)CCC2)N2CCOCC2)cn1)C(C1CCC1)C1(C)CC1. The molecule has 3 heterocycles. The van der Waals surface area contributed by atoms with Crippen LogP contribution in [0.5, 0.6) is 0 Å². The van der Waals surface area contributed by atoms with E-state index in [1.807, 2.05) is 6.07 Å². The second-order valence-electron chi connectivity index (χ2n) is 14.1. The van der Waals surface area contributed by atoms with Gasteiger partial charge in [-0.05, 0) is 66.0 Å². The summed E-state index contributed by atoms with van der Waals surface area (Å²) >= 11 is 0. The number of nitrogens with zero attached hydrogens (tertiary/aromatic N) is 4. The topological polar surface area (TPSA) is 130 Å². The van der Waals surface area contributed by atoms with Crippen molar-refractivity contribution in [3.8, 4) is 0 Å². The van der Waals surface area contributed by atoms with Crippen molar-refractivity contribution >= 4 is 23.5 Å². The van der Waals surface area contributed by atoms with Crippen LogP contribution in [-0.4, -0.2) is 76.3 Å². The van der Waals surface area contributed by atoms with Crippen molar-refractivity contribution < 1.29 is 19.1 Å². The zero-order valence-corrected chi connectivity index (χ0v) is 26.3. The summed E-state index contributed by atoms with van der Waals surface area (Å²) in [5, 5.41) is 13.4. The van der Waals surface area contributed by atoms with E-state index in [1.165, 1.54) is 11.1 Å². The lowest BCUT2D eigenvalue weighted by molar-refractivity contribution is -0.129. The molecule has 1 aliphatic heterocycles. The number of carbonyl (C=O) groups is 3. The first kappa shape index (κ1) is 30.7. The molecule has 0 bridgehead atoms. The van der Waals surface area contributed by atoms with Gasteiger partial charge in [-0.2, -0.15) is 5.10 Å². The highest BCUT2D eigenvalue weighted by Crippen LogP contribution is 2.58. The van der Waals surface area contributed by atoms with Gasteiger partial charge in [0.25, 0.3) is 5.91 Å². The van der Waals surface area contributed by atoms with E-state index in [9.17, 15) is 14.4 Å². The van der Waals surface area contributed by atoms with Crippen molar-refractivity contribution in [1.82, 2.24) is 30.3 Å². The number of amides is 3. The maximum Gasteiger partial charge on any atom is 0.270 e. The van der Waals surface area contributed by atoms with Crippen LogP contribution >= 0.6 is 0 Å². The van der Waals surface area contributed by atoms with E-state index < -0.39 is 12.1 Å². The van der Waals surface area contributed by atoms with Crippen molar-refractivity contribution in [2.75, 3.05) is 38.2 Å². The minimum absolute atomic E-state index is 0.0272. The lowest BCUT2D eigenvalue weighted by Gasteiger charge is -2.42. The first-order valence-corrected chi connectivity index (χ1v) is 16.3. The van der Waals surface area contributed by atoms with Crippen LogP contribution in [0.3, 0.4) is 0 Å². The van der Waals surface area contributed by atoms with Gasteiger partial charge in [-0.15, -0.1) is 0 Å². The summed E-state index contributed by atoms with van der Waals surface area (Å²) in [6.07, 6.45) is 12.2. The third-order valence-corrected chi connectivity index (χ3v) is 10.7. The van der Waals surface area contributed by atoms with Crippen molar-refractivity contribution in [3.63, 3.8) is 0 Å². The average molecular weight is 606 g/mol. The number of morpholine rings is 1. The molecule has 4 fully saturated rings. The molecule has 3 atom stereocenters. The number of aryl methyl sites for hydroxylation is 1. The summed E-state index contributed by atoms with van der Waals surface area (Å²) < 4.78 is 7.08. The number of anilines is 1. The van der Waals surface area contributed by atoms with E-state index in [0.717, 1.165) is 50.5 Å². The molecule has 44 heavy (non-hydrogen) atoms. The Labute approximate surface area is 259 Å². The molecule has 238 valence electrons. The van der Waals surface area contributed by atoms with Gasteiger partial charge in [0.1, 0.15) is 23.6 Å². The van der Waals surface area contributed by atoms with Crippen LogP contribution in [0.4, 0.5) is 5.82 Å². The first-order chi connectivity index (χ1) is 21.2. The predicted molar refractivity (Wildman–Crippen MR) is 166 cm³/mol. The van der Waals surface area contributed by atoms with Crippen molar-refractivity contribution in [3.05, 3.63) is 41.9 Å². The van der Waals surface area contributed by atoms with Gasteiger partial charge in [0.05, 0.1) is 13.2 Å². The van der Waals surface area contributed by atoms with Crippen LogP contribution in [0.25, 0.3) is 0 Å². The largest absolute Gasteiger partial charge is 0.379 e. The Kier molecular flexibility index (Phi) is 8.79. The number of aromatic nitrogens is 3. The van der Waals surface area contributed by atoms with Gasteiger partial charge >= 0.3 is 0 Å². The van der Waals surface area contributed by atoms with Crippen LogP contribution in [0.1, 0.15) is 87.3 Å². The molecular weight excluding hydrogens is 558 g/mol. The van der Waals surface area contributed by atoms with Gasteiger partial charge in [-0.1, -0.05) is 45.6 Å². The molecule has 0 spiro atoms. The highest BCUT2D eigenvalue weighted by Gasteiger charge is 2.54.